The average Bonchev–Trinajstić information content (AvgIpc) is 2.24. The van der Waals surface area contributed by atoms with Crippen molar-refractivity contribution in [2.45, 2.75) is 71.2 Å². The van der Waals surface area contributed by atoms with Crippen LogP contribution in [0.3, 0.4) is 0 Å². The summed E-state index contributed by atoms with van der Waals surface area (Å²) in [5.41, 5.74) is 0. The Morgan fingerprint density at radius 3 is 2.26 bits per heavy atom. The van der Waals surface area contributed by atoms with Gasteiger partial charge in [0.1, 0.15) is 6.10 Å². The van der Waals surface area contributed by atoms with Crippen molar-refractivity contribution in [1.82, 2.24) is 0 Å². The number of ether oxygens (including phenoxy) is 1. The van der Waals surface area contributed by atoms with Gasteiger partial charge in [-0.05, 0) is 37.4 Å². The van der Waals surface area contributed by atoms with Crippen LogP contribution in [0.2, 0.25) is 18.1 Å². The lowest BCUT2D eigenvalue weighted by Gasteiger charge is -2.36. The minimum atomic E-state index is -1.65. The lowest BCUT2D eigenvalue weighted by molar-refractivity contribution is -0.148. The van der Waals surface area contributed by atoms with Gasteiger partial charge in [-0.25, -0.2) is 0 Å². The fraction of sp³-hybridized carbons (Fsp3) is 0.929. The zero-order valence-electron chi connectivity index (χ0n) is 13.3. The molecule has 0 aromatic carbocycles. The summed E-state index contributed by atoms with van der Waals surface area (Å²) in [6.07, 6.45) is 2.15. The van der Waals surface area contributed by atoms with E-state index in [1.54, 1.807) is 0 Å². The third kappa shape index (κ3) is 7.70. The maximum Gasteiger partial charge on any atom is 0.302 e. The minimum Gasteiger partial charge on any atom is -0.460 e. The maximum absolute atomic E-state index is 10.8. The highest BCUT2D eigenvalue weighted by atomic mass is 28.4. The maximum atomic E-state index is 10.8. The lowest BCUT2D eigenvalue weighted by Crippen LogP contribution is -2.41. The van der Waals surface area contributed by atoms with Crippen LogP contribution < -0.4 is 0 Å². The molecule has 0 spiro atoms. The van der Waals surface area contributed by atoms with E-state index < -0.39 is 8.32 Å². The Morgan fingerprint density at radius 1 is 1.26 bits per heavy atom. The molecule has 0 saturated carbocycles. The van der Waals surface area contributed by atoms with Gasteiger partial charge in [-0.2, -0.15) is 0 Å². The van der Waals surface area contributed by atoms with E-state index in [9.17, 15) is 4.79 Å². The first kappa shape index (κ1) is 18.6. The van der Waals surface area contributed by atoms with Gasteiger partial charge in [-0.15, -0.1) is 0 Å². The highest BCUT2D eigenvalue weighted by molar-refractivity contribution is 6.74. The molecule has 0 aromatic rings. The number of rotatable bonds is 8. The topological polar surface area (TPSA) is 55.8 Å². The predicted molar refractivity (Wildman–Crippen MR) is 79.6 cm³/mol. The number of esters is 1. The lowest BCUT2D eigenvalue weighted by atomic mass is 10.1. The molecule has 4 nitrogen and oxygen atoms in total. The van der Waals surface area contributed by atoms with Crippen molar-refractivity contribution in [2.24, 2.45) is 0 Å². The zero-order chi connectivity index (χ0) is 15.1. The summed E-state index contributed by atoms with van der Waals surface area (Å²) in [7, 11) is -1.65. The number of aliphatic hydroxyl groups is 1. The number of carbonyl (C=O) groups is 1. The van der Waals surface area contributed by atoms with E-state index in [0.717, 1.165) is 19.4 Å². The molecule has 1 atom stereocenters. The van der Waals surface area contributed by atoms with E-state index in [0.29, 0.717) is 6.42 Å². The molecule has 0 aliphatic heterocycles. The van der Waals surface area contributed by atoms with Gasteiger partial charge in [-0.3, -0.25) is 4.79 Å². The first-order valence-electron chi connectivity index (χ1n) is 7.02. The average molecular weight is 290 g/mol. The molecule has 0 fully saturated rings. The highest BCUT2D eigenvalue weighted by Crippen LogP contribution is 2.36. The second kappa shape index (κ2) is 8.02. The van der Waals surface area contributed by atoms with Gasteiger partial charge >= 0.3 is 5.97 Å². The van der Waals surface area contributed by atoms with Crippen LogP contribution in [0.25, 0.3) is 0 Å². The summed E-state index contributed by atoms with van der Waals surface area (Å²) in [6.45, 7) is 13.1. The standard InChI is InChI=1S/C14H30O4Si/c1-12(16)18-13(11-15)9-7-8-10-17-19(5,6)14(2,3)4/h13,15H,7-11H2,1-6H3. The molecule has 0 aliphatic carbocycles. The molecule has 1 unspecified atom stereocenters. The molecule has 1 N–H and O–H groups in total. The van der Waals surface area contributed by atoms with Gasteiger partial charge in [0.05, 0.1) is 6.61 Å². The molecule has 0 amide bonds. The molecule has 5 heteroatoms. The first-order valence-corrected chi connectivity index (χ1v) is 9.93. The molecule has 0 aliphatic rings. The van der Waals surface area contributed by atoms with E-state index in [1.807, 2.05) is 0 Å². The number of hydrogen-bond donors (Lipinski definition) is 1. The minimum absolute atomic E-state index is 0.108. The third-order valence-electron chi connectivity index (χ3n) is 3.73. The van der Waals surface area contributed by atoms with Crippen molar-refractivity contribution in [3.05, 3.63) is 0 Å². The van der Waals surface area contributed by atoms with Gasteiger partial charge in [0.2, 0.25) is 0 Å². The zero-order valence-corrected chi connectivity index (χ0v) is 14.3. The fourth-order valence-corrected chi connectivity index (χ4v) is 2.53. The van der Waals surface area contributed by atoms with Crippen LogP contribution in [0.1, 0.15) is 47.0 Å². The molecule has 0 rings (SSSR count). The summed E-state index contributed by atoms with van der Waals surface area (Å²) in [5.74, 6) is -0.337. The normalized spacial score (nSPS) is 14.3. The van der Waals surface area contributed by atoms with Crippen molar-refractivity contribution in [2.75, 3.05) is 13.2 Å². The van der Waals surface area contributed by atoms with Crippen molar-refractivity contribution >= 4 is 14.3 Å². The molecular formula is C14H30O4Si. The number of hydrogen-bond acceptors (Lipinski definition) is 4. The Morgan fingerprint density at radius 2 is 1.84 bits per heavy atom. The molecule has 19 heavy (non-hydrogen) atoms. The highest BCUT2D eigenvalue weighted by Gasteiger charge is 2.36. The van der Waals surface area contributed by atoms with Crippen molar-refractivity contribution in [3.63, 3.8) is 0 Å². The molecular weight excluding hydrogens is 260 g/mol. The summed E-state index contributed by atoms with van der Waals surface area (Å²) >= 11 is 0. The Kier molecular flexibility index (Phi) is 7.85. The Hall–Kier alpha value is -0.393. The van der Waals surface area contributed by atoms with Crippen molar-refractivity contribution in [1.29, 1.82) is 0 Å². The van der Waals surface area contributed by atoms with Crippen LogP contribution in [0.15, 0.2) is 0 Å². The van der Waals surface area contributed by atoms with E-state index in [-0.39, 0.29) is 23.7 Å². The van der Waals surface area contributed by atoms with E-state index in [1.165, 1.54) is 6.92 Å². The van der Waals surface area contributed by atoms with Crippen LogP contribution in [0, 0.1) is 0 Å². The van der Waals surface area contributed by atoms with Gasteiger partial charge in [0, 0.05) is 13.5 Å². The smallest absolute Gasteiger partial charge is 0.302 e. The summed E-state index contributed by atoms with van der Waals surface area (Å²) in [5, 5.41) is 9.30. The molecule has 114 valence electrons. The Bertz CT molecular complexity index is 271. The Labute approximate surface area is 118 Å². The number of carbonyl (C=O) groups excluding carboxylic acids is 1. The van der Waals surface area contributed by atoms with Crippen LogP contribution in [0.4, 0.5) is 0 Å². The van der Waals surface area contributed by atoms with Crippen molar-refractivity contribution in [3.8, 4) is 0 Å². The molecule has 0 bridgehead atoms. The fourth-order valence-electron chi connectivity index (χ4n) is 1.44. The van der Waals surface area contributed by atoms with Gasteiger partial charge in [-0.1, -0.05) is 20.8 Å². The van der Waals surface area contributed by atoms with Crippen LogP contribution in [-0.2, 0) is 14.0 Å². The van der Waals surface area contributed by atoms with Gasteiger partial charge in [0.15, 0.2) is 8.32 Å². The summed E-state index contributed by atoms with van der Waals surface area (Å²) < 4.78 is 11.0. The molecule has 0 aromatic heterocycles. The van der Waals surface area contributed by atoms with Crippen LogP contribution >= 0.6 is 0 Å². The molecule has 0 saturated heterocycles. The second-order valence-corrected chi connectivity index (χ2v) is 11.3. The first-order chi connectivity index (χ1) is 8.60. The van der Waals surface area contributed by atoms with E-state index >= 15 is 0 Å². The van der Waals surface area contributed by atoms with E-state index in [2.05, 4.69) is 33.9 Å². The number of aliphatic hydroxyl groups excluding tert-OH is 1. The van der Waals surface area contributed by atoms with Gasteiger partial charge < -0.3 is 14.3 Å². The number of unbranched alkanes of at least 4 members (excludes halogenated alkanes) is 1. The predicted octanol–water partition coefficient (Wildman–Crippen LogP) is 3.10. The SMILES string of the molecule is CC(=O)OC(CO)CCCCO[Si](C)(C)C(C)(C)C. The molecule has 0 heterocycles. The quantitative estimate of drug-likeness (QED) is 0.424. The van der Waals surface area contributed by atoms with E-state index in [4.69, 9.17) is 14.3 Å². The summed E-state index contributed by atoms with van der Waals surface area (Å²) in [6, 6.07) is 0. The Balaban J connectivity index is 3.84. The summed E-state index contributed by atoms with van der Waals surface area (Å²) in [4.78, 5) is 10.8. The second-order valence-electron chi connectivity index (χ2n) is 6.52. The third-order valence-corrected chi connectivity index (χ3v) is 8.26. The van der Waals surface area contributed by atoms with Crippen LogP contribution in [-0.4, -0.2) is 38.7 Å². The van der Waals surface area contributed by atoms with Crippen LogP contribution in [0.5, 0.6) is 0 Å². The largest absolute Gasteiger partial charge is 0.460 e. The monoisotopic (exact) mass is 290 g/mol. The van der Waals surface area contributed by atoms with Crippen molar-refractivity contribution < 1.29 is 19.1 Å². The van der Waals surface area contributed by atoms with Gasteiger partial charge in [0.25, 0.3) is 0 Å². The molecule has 0 radical (unpaired) electrons.